The van der Waals surface area contributed by atoms with E-state index < -0.39 is 0 Å². The second-order valence-corrected chi connectivity index (χ2v) is 4.11. The van der Waals surface area contributed by atoms with Gasteiger partial charge in [-0.15, -0.1) is 0 Å². The van der Waals surface area contributed by atoms with Gasteiger partial charge in [-0.25, -0.2) is 4.39 Å². The first kappa shape index (κ1) is 11.6. The number of halogens is 1. The van der Waals surface area contributed by atoms with Crippen molar-refractivity contribution in [1.29, 1.82) is 0 Å². The molecule has 1 unspecified atom stereocenters. The Bertz CT molecular complexity index is 483. The number of allylic oxidation sites excluding steroid dienone is 1. The first-order chi connectivity index (χ1) is 8.25. The highest BCUT2D eigenvalue weighted by molar-refractivity contribution is 5.50. The van der Waals surface area contributed by atoms with Crippen molar-refractivity contribution >= 4 is 6.08 Å². The summed E-state index contributed by atoms with van der Waals surface area (Å²) in [6.07, 6.45) is 4.15. The molecule has 0 heterocycles. The summed E-state index contributed by atoms with van der Waals surface area (Å²) in [4.78, 5) is 0. The van der Waals surface area contributed by atoms with Gasteiger partial charge >= 0.3 is 0 Å². The minimum Gasteiger partial charge on any atom is -0.207 e. The van der Waals surface area contributed by atoms with Gasteiger partial charge in [0.2, 0.25) is 0 Å². The molecule has 0 saturated heterocycles. The molecule has 1 atom stereocenters. The van der Waals surface area contributed by atoms with Crippen molar-refractivity contribution in [2.24, 2.45) is 0 Å². The van der Waals surface area contributed by atoms with Gasteiger partial charge in [0.25, 0.3) is 0 Å². The molecular weight excluding hydrogens is 211 g/mol. The van der Waals surface area contributed by atoms with E-state index in [0.29, 0.717) is 5.92 Å². The SMILES string of the molecule is CC(C=Cc1ccc(F)cc1)c1ccccc1. The van der Waals surface area contributed by atoms with Crippen LogP contribution in [0.2, 0.25) is 0 Å². The topological polar surface area (TPSA) is 0 Å². The van der Waals surface area contributed by atoms with Gasteiger partial charge in [-0.3, -0.25) is 0 Å². The quantitative estimate of drug-likeness (QED) is 0.715. The molecule has 0 N–H and O–H groups in total. The van der Waals surface area contributed by atoms with E-state index in [2.05, 4.69) is 25.1 Å². The Morgan fingerprint density at radius 1 is 0.941 bits per heavy atom. The zero-order chi connectivity index (χ0) is 12.1. The lowest BCUT2D eigenvalue weighted by Crippen LogP contribution is -1.87. The standard InChI is InChI=1S/C16H15F/c1-13(15-5-3-2-4-6-15)7-8-14-9-11-16(17)12-10-14/h2-13H,1H3. The molecule has 0 aromatic heterocycles. The molecule has 1 heteroatoms. The molecule has 17 heavy (non-hydrogen) atoms. The van der Waals surface area contributed by atoms with Crippen LogP contribution in [0.1, 0.15) is 24.0 Å². The fourth-order valence-corrected chi connectivity index (χ4v) is 1.70. The second-order valence-electron chi connectivity index (χ2n) is 4.11. The molecule has 0 nitrogen and oxygen atoms in total. The van der Waals surface area contributed by atoms with Crippen LogP contribution in [0, 0.1) is 5.82 Å². The molecule has 0 aliphatic rings. The number of hydrogen-bond acceptors (Lipinski definition) is 0. The lowest BCUT2D eigenvalue weighted by molar-refractivity contribution is 0.628. The van der Waals surface area contributed by atoms with Crippen LogP contribution in [-0.2, 0) is 0 Å². The Hall–Kier alpha value is -1.89. The molecule has 0 aliphatic carbocycles. The molecule has 2 rings (SSSR count). The molecule has 2 aromatic carbocycles. The van der Waals surface area contributed by atoms with Crippen LogP contribution in [0.25, 0.3) is 6.08 Å². The maximum atomic E-state index is 12.7. The summed E-state index contributed by atoms with van der Waals surface area (Å²) in [5.74, 6) is 0.166. The number of hydrogen-bond donors (Lipinski definition) is 0. The van der Waals surface area contributed by atoms with Gasteiger partial charge in [0.05, 0.1) is 0 Å². The van der Waals surface area contributed by atoms with E-state index in [1.807, 2.05) is 24.3 Å². The summed E-state index contributed by atoms with van der Waals surface area (Å²) >= 11 is 0. The lowest BCUT2D eigenvalue weighted by atomic mass is 10.00. The van der Waals surface area contributed by atoms with Gasteiger partial charge in [0.15, 0.2) is 0 Å². The molecule has 0 saturated carbocycles. The predicted molar refractivity (Wildman–Crippen MR) is 70.3 cm³/mol. The molecule has 2 aromatic rings. The van der Waals surface area contributed by atoms with Crippen molar-refractivity contribution in [2.45, 2.75) is 12.8 Å². The van der Waals surface area contributed by atoms with Gasteiger partial charge in [0, 0.05) is 0 Å². The average molecular weight is 226 g/mol. The van der Waals surface area contributed by atoms with Crippen LogP contribution in [0.3, 0.4) is 0 Å². The first-order valence-electron chi connectivity index (χ1n) is 5.74. The highest BCUT2D eigenvalue weighted by Gasteiger charge is 1.99. The highest BCUT2D eigenvalue weighted by Crippen LogP contribution is 2.17. The molecule has 0 fully saturated rings. The maximum absolute atomic E-state index is 12.7. The average Bonchev–Trinajstić information content (AvgIpc) is 2.39. The summed E-state index contributed by atoms with van der Waals surface area (Å²) in [6.45, 7) is 2.15. The third kappa shape index (κ3) is 3.28. The molecule has 0 spiro atoms. The summed E-state index contributed by atoms with van der Waals surface area (Å²) in [5.41, 5.74) is 2.31. The Morgan fingerprint density at radius 3 is 2.24 bits per heavy atom. The van der Waals surface area contributed by atoms with E-state index >= 15 is 0 Å². The lowest BCUT2D eigenvalue weighted by Gasteiger charge is -2.05. The van der Waals surface area contributed by atoms with Crippen molar-refractivity contribution in [3.63, 3.8) is 0 Å². The maximum Gasteiger partial charge on any atom is 0.123 e. The van der Waals surface area contributed by atoms with Gasteiger partial charge < -0.3 is 0 Å². The van der Waals surface area contributed by atoms with Crippen LogP contribution >= 0.6 is 0 Å². The van der Waals surface area contributed by atoms with Gasteiger partial charge in [-0.1, -0.05) is 61.5 Å². The first-order valence-corrected chi connectivity index (χ1v) is 5.74. The van der Waals surface area contributed by atoms with Crippen LogP contribution in [-0.4, -0.2) is 0 Å². The van der Waals surface area contributed by atoms with E-state index in [1.54, 1.807) is 12.1 Å². The van der Waals surface area contributed by atoms with Gasteiger partial charge in [0.1, 0.15) is 5.82 Å². The van der Waals surface area contributed by atoms with E-state index in [-0.39, 0.29) is 5.82 Å². The predicted octanol–water partition coefficient (Wildman–Crippen LogP) is 4.64. The summed E-state index contributed by atoms with van der Waals surface area (Å²) in [5, 5.41) is 0. The minimum absolute atomic E-state index is 0.196. The summed E-state index contributed by atoms with van der Waals surface area (Å²) in [7, 11) is 0. The van der Waals surface area contributed by atoms with E-state index in [4.69, 9.17) is 0 Å². The molecule has 86 valence electrons. The van der Waals surface area contributed by atoms with Crippen LogP contribution < -0.4 is 0 Å². The third-order valence-electron chi connectivity index (χ3n) is 2.77. The zero-order valence-electron chi connectivity index (χ0n) is 9.81. The Morgan fingerprint density at radius 2 is 1.59 bits per heavy atom. The molecule has 0 aliphatic heterocycles. The fraction of sp³-hybridized carbons (Fsp3) is 0.125. The summed E-state index contributed by atoms with van der Waals surface area (Å²) in [6, 6.07) is 16.8. The Kier molecular flexibility index (Phi) is 3.71. The molecule has 0 amide bonds. The monoisotopic (exact) mass is 226 g/mol. The van der Waals surface area contributed by atoms with Crippen LogP contribution in [0.5, 0.6) is 0 Å². The van der Waals surface area contributed by atoms with Crippen molar-refractivity contribution < 1.29 is 4.39 Å². The van der Waals surface area contributed by atoms with Crippen molar-refractivity contribution in [2.75, 3.05) is 0 Å². The molecular formula is C16H15F. The van der Waals surface area contributed by atoms with Crippen molar-refractivity contribution in [1.82, 2.24) is 0 Å². The van der Waals surface area contributed by atoms with Crippen molar-refractivity contribution in [3.05, 3.63) is 77.6 Å². The summed E-state index contributed by atoms with van der Waals surface area (Å²) < 4.78 is 12.7. The smallest absolute Gasteiger partial charge is 0.123 e. The number of benzene rings is 2. The Labute approximate surface area is 101 Å². The molecule has 0 bridgehead atoms. The van der Waals surface area contributed by atoms with Gasteiger partial charge in [-0.05, 0) is 29.2 Å². The van der Waals surface area contributed by atoms with E-state index in [0.717, 1.165) is 5.56 Å². The Balaban J connectivity index is 2.08. The van der Waals surface area contributed by atoms with E-state index in [9.17, 15) is 4.39 Å². The molecule has 0 radical (unpaired) electrons. The van der Waals surface area contributed by atoms with E-state index in [1.165, 1.54) is 17.7 Å². The third-order valence-corrected chi connectivity index (χ3v) is 2.77. The fourth-order valence-electron chi connectivity index (χ4n) is 1.70. The minimum atomic E-state index is -0.196. The second kappa shape index (κ2) is 5.44. The van der Waals surface area contributed by atoms with Gasteiger partial charge in [-0.2, -0.15) is 0 Å². The normalized spacial score (nSPS) is 12.8. The highest BCUT2D eigenvalue weighted by atomic mass is 19.1. The largest absolute Gasteiger partial charge is 0.207 e. The van der Waals surface area contributed by atoms with Crippen LogP contribution in [0.15, 0.2) is 60.7 Å². The number of rotatable bonds is 3. The zero-order valence-corrected chi connectivity index (χ0v) is 9.81. The van der Waals surface area contributed by atoms with Crippen LogP contribution in [0.4, 0.5) is 4.39 Å². The van der Waals surface area contributed by atoms with Crippen molar-refractivity contribution in [3.8, 4) is 0 Å².